The van der Waals surface area contributed by atoms with E-state index in [1.807, 2.05) is 18.2 Å². The molecule has 1 N–H and O–H groups in total. The Kier molecular flexibility index (Phi) is 8.67. The number of esters is 1. The molecule has 0 heterocycles. The minimum absolute atomic E-state index is 0.107. The van der Waals surface area contributed by atoms with Gasteiger partial charge in [-0.3, -0.25) is 4.79 Å². The Morgan fingerprint density at radius 2 is 1.82 bits per heavy atom. The minimum Gasteiger partial charge on any atom is -0.489 e. The van der Waals surface area contributed by atoms with Gasteiger partial charge in [-0.2, -0.15) is 8.78 Å². The molecule has 202 valence electrons. The summed E-state index contributed by atoms with van der Waals surface area (Å²) in [6.07, 6.45) is 2.19. The van der Waals surface area contributed by atoms with Gasteiger partial charge < -0.3 is 19.3 Å². The number of aliphatic hydroxyl groups excluding tert-OH is 1. The van der Waals surface area contributed by atoms with Gasteiger partial charge in [-0.15, -0.1) is 0 Å². The number of halogens is 2. The lowest BCUT2D eigenvalue weighted by molar-refractivity contribution is -0.142. The van der Waals surface area contributed by atoms with Gasteiger partial charge in [0.25, 0.3) is 0 Å². The first kappa shape index (κ1) is 27.6. The molecule has 0 bridgehead atoms. The van der Waals surface area contributed by atoms with Crippen LogP contribution in [-0.2, 0) is 16.1 Å². The van der Waals surface area contributed by atoms with Gasteiger partial charge in [-0.25, -0.2) is 0 Å². The maximum absolute atomic E-state index is 12.8. The number of methoxy groups -OCH3 is 1. The van der Waals surface area contributed by atoms with Gasteiger partial charge in [0, 0.05) is 0 Å². The van der Waals surface area contributed by atoms with Crippen molar-refractivity contribution in [2.75, 3.05) is 7.11 Å². The second-order valence-corrected chi connectivity index (χ2v) is 10.4. The summed E-state index contributed by atoms with van der Waals surface area (Å²) in [6, 6.07) is 20.0. The van der Waals surface area contributed by atoms with E-state index in [1.165, 1.54) is 18.7 Å². The van der Waals surface area contributed by atoms with Crippen molar-refractivity contribution in [1.82, 2.24) is 0 Å². The van der Waals surface area contributed by atoms with E-state index in [-0.39, 0.29) is 17.6 Å². The Bertz CT molecular complexity index is 1260. The van der Waals surface area contributed by atoms with Crippen molar-refractivity contribution >= 4 is 5.97 Å². The quantitative estimate of drug-likeness (QED) is 0.280. The zero-order valence-electron chi connectivity index (χ0n) is 22.0. The molecule has 0 unspecified atom stereocenters. The molecule has 1 saturated carbocycles. The van der Waals surface area contributed by atoms with E-state index in [9.17, 15) is 18.7 Å². The standard InChI is InChI=1S/C31H34F2O5/c1-31(2)14-6-11-27(31)26-15-20(12-13-25(26)21-7-4-10-24(16-21)38-30(32)33)19-37-23-9-5-8-22(17-23)28(34)18-29(35)36-3/h4-5,7-10,12-13,15-17,27-28,30,34H,6,11,14,18-19H2,1-3H3/t27-,28+/m0/s1. The fraction of sp³-hybridized carbons (Fsp3) is 0.387. The molecule has 3 aromatic carbocycles. The largest absolute Gasteiger partial charge is 0.489 e. The highest BCUT2D eigenvalue weighted by atomic mass is 19.3. The molecule has 1 aliphatic rings. The van der Waals surface area contributed by atoms with Crippen molar-refractivity contribution in [1.29, 1.82) is 0 Å². The molecule has 3 aromatic rings. The molecule has 0 radical (unpaired) electrons. The molecule has 0 saturated heterocycles. The average Bonchev–Trinajstić information content (AvgIpc) is 3.25. The Balaban J connectivity index is 1.60. The maximum Gasteiger partial charge on any atom is 0.387 e. The zero-order valence-corrected chi connectivity index (χ0v) is 22.0. The number of alkyl halides is 2. The molecular weight excluding hydrogens is 490 g/mol. The van der Waals surface area contributed by atoms with E-state index in [0.717, 1.165) is 36.0 Å². The van der Waals surface area contributed by atoms with E-state index in [1.54, 1.807) is 36.4 Å². The molecular formula is C31H34F2O5. The summed E-state index contributed by atoms with van der Waals surface area (Å²) in [5.41, 5.74) is 4.66. The van der Waals surface area contributed by atoms with Crippen LogP contribution in [0.3, 0.4) is 0 Å². The fourth-order valence-corrected chi connectivity index (χ4v) is 5.33. The SMILES string of the molecule is COC(=O)C[C@@H](O)c1cccc(OCc2ccc(-c3cccc(OC(F)F)c3)c([C@@H]3CCCC3(C)C)c2)c1. The lowest BCUT2D eigenvalue weighted by Crippen LogP contribution is -2.16. The van der Waals surface area contributed by atoms with Crippen LogP contribution >= 0.6 is 0 Å². The molecule has 1 fully saturated rings. The zero-order chi connectivity index (χ0) is 27.3. The number of carbonyl (C=O) groups excluding carboxylic acids is 1. The number of rotatable bonds is 10. The average molecular weight is 525 g/mol. The van der Waals surface area contributed by atoms with Crippen molar-refractivity contribution in [2.45, 2.75) is 64.8 Å². The van der Waals surface area contributed by atoms with Crippen LogP contribution in [0.1, 0.15) is 68.2 Å². The molecule has 2 atom stereocenters. The van der Waals surface area contributed by atoms with E-state index in [4.69, 9.17) is 4.74 Å². The molecule has 5 nitrogen and oxygen atoms in total. The number of hydrogen-bond donors (Lipinski definition) is 1. The lowest BCUT2D eigenvalue weighted by Gasteiger charge is -2.30. The maximum atomic E-state index is 12.8. The summed E-state index contributed by atoms with van der Waals surface area (Å²) in [5, 5.41) is 10.3. The second kappa shape index (κ2) is 11.9. The molecule has 0 spiro atoms. The first-order valence-corrected chi connectivity index (χ1v) is 12.8. The molecule has 7 heteroatoms. The van der Waals surface area contributed by atoms with Gasteiger partial charge in [0.15, 0.2) is 0 Å². The van der Waals surface area contributed by atoms with Crippen LogP contribution in [0, 0.1) is 5.41 Å². The van der Waals surface area contributed by atoms with Gasteiger partial charge in [0.05, 0.1) is 19.6 Å². The van der Waals surface area contributed by atoms with Crippen LogP contribution in [-0.4, -0.2) is 24.8 Å². The molecule has 0 aromatic heterocycles. The predicted molar refractivity (Wildman–Crippen MR) is 141 cm³/mol. The summed E-state index contributed by atoms with van der Waals surface area (Å²) in [6.45, 7) is 1.99. The van der Waals surface area contributed by atoms with Crippen LogP contribution < -0.4 is 9.47 Å². The summed E-state index contributed by atoms with van der Waals surface area (Å²) < 4.78 is 41.0. The van der Waals surface area contributed by atoms with E-state index >= 15 is 0 Å². The van der Waals surface area contributed by atoms with Gasteiger partial charge in [0.2, 0.25) is 0 Å². The van der Waals surface area contributed by atoms with Gasteiger partial charge in [-0.1, -0.05) is 62.7 Å². The van der Waals surface area contributed by atoms with Crippen molar-refractivity contribution in [3.63, 3.8) is 0 Å². The van der Waals surface area contributed by atoms with Crippen LogP contribution in [0.5, 0.6) is 11.5 Å². The topological polar surface area (TPSA) is 65.0 Å². The molecule has 4 rings (SSSR count). The van der Waals surface area contributed by atoms with E-state index in [2.05, 4.69) is 29.4 Å². The van der Waals surface area contributed by atoms with Crippen LogP contribution in [0.15, 0.2) is 66.7 Å². The van der Waals surface area contributed by atoms with Crippen LogP contribution in [0.25, 0.3) is 11.1 Å². The van der Waals surface area contributed by atoms with Gasteiger partial charge in [0.1, 0.15) is 18.1 Å². The van der Waals surface area contributed by atoms with Crippen molar-refractivity contribution < 1.29 is 32.9 Å². The Labute approximate surface area is 222 Å². The van der Waals surface area contributed by atoms with Crippen LogP contribution in [0.2, 0.25) is 0 Å². The van der Waals surface area contributed by atoms with Crippen LogP contribution in [0.4, 0.5) is 8.78 Å². The van der Waals surface area contributed by atoms with E-state index in [0.29, 0.717) is 23.8 Å². The minimum atomic E-state index is -2.88. The number of aliphatic hydroxyl groups is 1. The lowest BCUT2D eigenvalue weighted by atomic mass is 9.75. The highest BCUT2D eigenvalue weighted by molar-refractivity contribution is 5.71. The Morgan fingerprint density at radius 3 is 2.53 bits per heavy atom. The Hall–Kier alpha value is -3.45. The summed E-state index contributed by atoms with van der Waals surface area (Å²) in [5.74, 6) is 0.539. The molecule has 38 heavy (non-hydrogen) atoms. The normalized spacial score (nSPS) is 17.3. The highest BCUT2D eigenvalue weighted by Gasteiger charge is 2.36. The van der Waals surface area contributed by atoms with Crippen molar-refractivity contribution in [2.24, 2.45) is 5.41 Å². The summed E-state index contributed by atoms with van der Waals surface area (Å²) in [7, 11) is 1.29. The number of ether oxygens (including phenoxy) is 3. The van der Waals surface area contributed by atoms with Crippen molar-refractivity contribution in [3.05, 3.63) is 83.4 Å². The van der Waals surface area contributed by atoms with Gasteiger partial charge in [-0.05, 0) is 76.3 Å². The second-order valence-electron chi connectivity index (χ2n) is 10.4. The molecule has 1 aliphatic carbocycles. The number of benzene rings is 3. The third-order valence-electron chi connectivity index (χ3n) is 7.35. The Morgan fingerprint density at radius 1 is 1.05 bits per heavy atom. The molecule has 0 aliphatic heterocycles. The van der Waals surface area contributed by atoms with E-state index < -0.39 is 18.7 Å². The third-order valence-corrected chi connectivity index (χ3v) is 7.35. The highest BCUT2D eigenvalue weighted by Crippen LogP contribution is 2.51. The third kappa shape index (κ3) is 6.70. The van der Waals surface area contributed by atoms with Crippen molar-refractivity contribution in [3.8, 4) is 22.6 Å². The smallest absolute Gasteiger partial charge is 0.387 e. The number of hydrogen-bond acceptors (Lipinski definition) is 5. The van der Waals surface area contributed by atoms with Gasteiger partial charge >= 0.3 is 12.6 Å². The molecule has 0 amide bonds. The fourth-order valence-electron chi connectivity index (χ4n) is 5.33. The summed E-state index contributed by atoms with van der Waals surface area (Å²) in [4.78, 5) is 11.5. The summed E-state index contributed by atoms with van der Waals surface area (Å²) >= 11 is 0. The monoisotopic (exact) mass is 524 g/mol. The first-order chi connectivity index (χ1) is 18.2. The predicted octanol–water partition coefficient (Wildman–Crippen LogP) is 7.42. The first-order valence-electron chi connectivity index (χ1n) is 12.8. The number of carbonyl (C=O) groups is 1.